The second-order valence-electron chi connectivity index (χ2n) is 3.62. The van der Waals surface area contributed by atoms with Crippen LogP contribution in [0.1, 0.15) is 11.1 Å². The third-order valence-corrected chi connectivity index (χ3v) is 3.66. The number of rotatable bonds is 3. The molecule has 1 heterocycles. The molecule has 1 aliphatic heterocycles. The summed E-state index contributed by atoms with van der Waals surface area (Å²) in [7, 11) is 0. The molecule has 4 nitrogen and oxygen atoms in total. The highest BCUT2D eigenvalue weighted by Gasteiger charge is 2.18. The Kier molecular flexibility index (Phi) is 3.68. The monoisotopic (exact) mass is 287 g/mol. The molecule has 0 spiro atoms. The number of fused-ring (bicyclic) bond motifs is 1. The van der Waals surface area contributed by atoms with E-state index < -0.39 is 0 Å². The van der Waals surface area contributed by atoms with Gasteiger partial charge in [-0.3, -0.25) is 0 Å². The Balaban J connectivity index is 2.36. The SMILES string of the molecule is Cc1c(Br)c(CCON)cc2c1OCCO2. The number of hydrogen-bond donors (Lipinski definition) is 1. The average molecular weight is 288 g/mol. The Morgan fingerprint density at radius 1 is 1.44 bits per heavy atom. The molecule has 0 fully saturated rings. The van der Waals surface area contributed by atoms with Crippen molar-refractivity contribution in [1.82, 2.24) is 0 Å². The molecule has 0 atom stereocenters. The molecule has 0 aliphatic carbocycles. The van der Waals surface area contributed by atoms with E-state index in [0.717, 1.165) is 33.5 Å². The lowest BCUT2D eigenvalue weighted by Gasteiger charge is -2.22. The van der Waals surface area contributed by atoms with E-state index in [-0.39, 0.29) is 0 Å². The molecular formula is C11H14BrNO3. The van der Waals surface area contributed by atoms with Gasteiger partial charge in [0.1, 0.15) is 13.2 Å². The fraction of sp³-hybridized carbons (Fsp3) is 0.455. The van der Waals surface area contributed by atoms with Gasteiger partial charge in [-0.25, -0.2) is 5.90 Å². The molecule has 88 valence electrons. The van der Waals surface area contributed by atoms with E-state index >= 15 is 0 Å². The van der Waals surface area contributed by atoms with Crippen molar-refractivity contribution < 1.29 is 14.3 Å². The zero-order valence-corrected chi connectivity index (χ0v) is 10.7. The predicted octanol–water partition coefficient (Wildman–Crippen LogP) is 1.96. The molecule has 0 saturated carbocycles. The lowest BCUT2D eigenvalue weighted by molar-refractivity contribution is 0.140. The van der Waals surface area contributed by atoms with Gasteiger partial charge in [-0.05, 0) is 25.0 Å². The van der Waals surface area contributed by atoms with Gasteiger partial charge < -0.3 is 14.3 Å². The van der Waals surface area contributed by atoms with Gasteiger partial charge in [-0.1, -0.05) is 15.9 Å². The Labute approximate surface area is 103 Å². The van der Waals surface area contributed by atoms with Crippen molar-refractivity contribution in [2.24, 2.45) is 5.90 Å². The van der Waals surface area contributed by atoms with Crippen molar-refractivity contribution in [3.05, 3.63) is 21.7 Å². The highest BCUT2D eigenvalue weighted by Crippen LogP contribution is 2.40. The van der Waals surface area contributed by atoms with E-state index in [4.69, 9.17) is 15.4 Å². The predicted molar refractivity (Wildman–Crippen MR) is 63.7 cm³/mol. The van der Waals surface area contributed by atoms with E-state index in [1.54, 1.807) is 0 Å². The van der Waals surface area contributed by atoms with E-state index in [2.05, 4.69) is 20.8 Å². The lowest BCUT2D eigenvalue weighted by Crippen LogP contribution is -2.17. The number of halogens is 1. The van der Waals surface area contributed by atoms with Gasteiger partial charge in [-0.15, -0.1) is 0 Å². The Hall–Kier alpha value is -0.780. The number of hydrogen-bond acceptors (Lipinski definition) is 4. The van der Waals surface area contributed by atoms with Gasteiger partial charge in [0, 0.05) is 10.0 Å². The molecule has 1 aliphatic rings. The van der Waals surface area contributed by atoms with Gasteiger partial charge in [0.25, 0.3) is 0 Å². The van der Waals surface area contributed by atoms with Crippen molar-refractivity contribution >= 4 is 15.9 Å². The van der Waals surface area contributed by atoms with Crippen molar-refractivity contribution in [3.63, 3.8) is 0 Å². The molecule has 0 bridgehead atoms. The van der Waals surface area contributed by atoms with Crippen molar-refractivity contribution in [2.45, 2.75) is 13.3 Å². The van der Waals surface area contributed by atoms with Gasteiger partial charge in [0.05, 0.1) is 6.61 Å². The normalized spacial score (nSPS) is 13.9. The topological polar surface area (TPSA) is 53.7 Å². The van der Waals surface area contributed by atoms with Crippen LogP contribution in [0.2, 0.25) is 0 Å². The van der Waals surface area contributed by atoms with Gasteiger partial charge >= 0.3 is 0 Å². The van der Waals surface area contributed by atoms with Crippen LogP contribution < -0.4 is 15.4 Å². The summed E-state index contributed by atoms with van der Waals surface area (Å²) in [5.74, 6) is 6.66. The minimum Gasteiger partial charge on any atom is -0.486 e. The van der Waals surface area contributed by atoms with Crippen LogP contribution in [0.15, 0.2) is 10.5 Å². The summed E-state index contributed by atoms with van der Waals surface area (Å²) in [5.41, 5.74) is 2.18. The van der Waals surface area contributed by atoms with E-state index in [9.17, 15) is 0 Å². The van der Waals surface area contributed by atoms with Gasteiger partial charge in [0.2, 0.25) is 0 Å². The van der Waals surface area contributed by atoms with Crippen LogP contribution in [0, 0.1) is 6.92 Å². The second-order valence-corrected chi connectivity index (χ2v) is 4.41. The van der Waals surface area contributed by atoms with Gasteiger partial charge in [0.15, 0.2) is 11.5 Å². The third-order valence-electron chi connectivity index (χ3n) is 2.56. The molecule has 0 unspecified atom stereocenters. The highest BCUT2D eigenvalue weighted by molar-refractivity contribution is 9.10. The zero-order chi connectivity index (χ0) is 11.5. The van der Waals surface area contributed by atoms with Crippen LogP contribution in [-0.4, -0.2) is 19.8 Å². The minimum atomic E-state index is 0.484. The van der Waals surface area contributed by atoms with Crippen molar-refractivity contribution in [1.29, 1.82) is 0 Å². The van der Waals surface area contributed by atoms with Crippen molar-refractivity contribution in [2.75, 3.05) is 19.8 Å². The molecule has 16 heavy (non-hydrogen) atoms. The van der Waals surface area contributed by atoms with Crippen LogP contribution in [0.25, 0.3) is 0 Å². The minimum absolute atomic E-state index is 0.484. The smallest absolute Gasteiger partial charge is 0.165 e. The maximum atomic E-state index is 5.58. The summed E-state index contributed by atoms with van der Waals surface area (Å²) in [6.45, 7) is 3.69. The number of nitrogens with two attached hydrogens (primary N) is 1. The fourth-order valence-corrected chi connectivity index (χ4v) is 2.24. The molecule has 0 saturated heterocycles. The highest BCUT2D eigenvalue weighted by atomic mass is 79.9. The molecule has 1 aromatic rings. The fourth-order valence-electron chi connectivity index (χ4n) is 1.75. The molecule has 2 N–H and O–H groups in total. The lowest BCUT2D eigenvalue weighted by atomic mass is 10.1. The Bertz CT molecular complexity index is 395. The number of benzene rings is 1. The Morgan fingerprint density at radius 2 is 2.19 bits per heavy atom. The van der Waals surface area contributed by atoms with E-state index in [0.29, 0.717) is 19.8 Å². The molecule has 0 radical (unpaired) electrons. The number of ether oxygens (including phenoxy) is 2. The summed E-state index contributed by atoms with van der Waals surface area (Å²) < 4.78 is 12.2. The summed E-state index contributed by atoms with van der Waals surface area (Å²) in [5, 5.41) is 0. The summed E-state index contributed by atoms with van der Waals surface area (Å²) in [6, 6.07) is 1.98. The Morgan fingerprint density at radius 3 is 2.94 bits per heavy atom. The third kappa shape index (κ3) is 2.16. The molecule has 5 heteroatoms. The zero-order valence-electron chi connectivity index (χ0n) is 9.09. The molecular weight excluding hydrogens is 274 g/mol. The van der Waals surface area contributed by atoms with E-state index in [1.165, 1.54) is 0 Å². The van der Waals surface area contributed by atoms with Crippen LogP contribution in [0.5, 0.6) is 11.5 Å². The standard InChI is InChI=1S/C11H14BrNO3/c1-7-10(12)8(2-3-16-13)6-9-11(7)15-5-4-14-9/h6H,2-5,13H2,1H3. The molecule has 0 aromatic heterocycles. The van der Waals surface area contributed by atoms with Crippen LogP contribution in [0.4, 0.5) is 0 Å². The first-order valence-corrected chi connectivity index (χ1v) is 5.92. The first-order valence-electron chi connectivity index (χ1n) is 5.13. The van der Waals surface area contributed by atoms with Gasteiger partial charge in [-0.2, -0.15) is 0 Å². The maximum Gasteiger partial charge on any atom is 0.165 e. The molecule has 2 rings (SSSR count). The summed E-state index contributed by atoms with van der Waals surface area (Å²) in [4.78, 5) is 4.59. The van der Waals surface area contributed by atoms with Crippen LogP contribution in [-0.2, 0) is 11.3 Å². The molecule has 1 aromatic carbocycles. The summed E-state index contributed by atoms with van der Waals surface area (Å²) in [6.07, 6.45) is 0.745. The second kappa shape index (κ2) is 5.03. The average Bonchev–Trinajstić information content (AvgIpc) is 2.32. The maximum absolute atomic E-state index is 5.58. The first kappa shape index (κ1) is 11.7. The van der Waals surface area contributed by atoms with E-state index in [1.807, 2.05) is 13.0 Å². The largest absolute Gasteiger partial charge is 0.486 e. The summed E-state index contributed by atoms with van der Waals surface area (Å²) >= 11 is 3.56. The van der Waals surface area contributed by atoms with Crippen LogP contribution >= 0.6 is 15.9 Å². The van der Waals surface area contributed by atoms with Crippen LogP contribution in [0.3, 0.4) is 0 Å². The first-order chi connectivity index (χ1) is 7.74. The quantitative estimate of drug-likeness (QED) is 0.864. The van der Waals surface area contributed by atoms with Crippen molar-refractivity contribution in [3.8, 4) is 11.5 Å². The molecule has 0 amide bonds.